The Balaban J connectivity index is 2.23. The molecule has 5 nitrogen and oxygen atoms in total. The van der Waals surface area contributed by atoms with Gasteiger partial charge in [0.15, 0.2) is 5.75 Å². The summed E-state index contributed by atoms with van der Waals surface area (Å²) in [6, 6.07) is 4.97. The maximum Gasteiger partial charge on any atom is 0.311 e. The minimum Gasteiger partial charge on any atom is -0.481 e. The molecule has 15 heavy (non-hydrogen) atoms. The molecule has 1 aromatic rings. The molecular formula is C9H9IN2O3. The molecule has 0 unspecified atom stereocenters. The number of nitro benzene ring substituents is 1. The lowest BCUT2D eigenvalue weighted by atomic mass is 10.2. The quantitative estimate of drug-likeness (QED) is 0.521. The molecule has 2 rings (SSSR count). The Morgan fingerprint density at radius 1 is 1.53 bits per heavy atom. The molecule has 0 aliphatic carbocycles. The van der Waals surface area contributed by atoms with Crippen molar-refractivity contribution in [2.75, 3.05) is 13.1 Å². The van der Waals surface area contributed by atoms with Crippen LogP contribution < -0.4 is 10.1 Å². The predicted molar refractivity (Wildman–Crippen MR) is 63.1 cm³/mol. The van der Waals surface area contributed by atoms with Gasteiger partial charge in [-0.3, -0.25) is 10.1 Å². The molecule has 1 aliphatic rings. The van der Waals surface area contributed by atoms with Crippen molar-refractivity contribution in [2.24, 2.45) is 0 Å². The monoisotopic (exact) mass is 320 g/mol. The Kier molecular flexibility index (Phi) is 3.06. The molecule has 0 saturated carbocycles. The Labute approximate surface area is 100 Å². The molecule has 0 aromatic heterocycles. The van der Waals surface area contributed by atoms with Crippen molar-refractivity contribution >= 4 is 28.3 Å². The highest BCUT2D eigenvalue weighted by Crippen LogP contribution is 2.29. The second-order valence-corrected chi connectivity index (χ2v) is 4.51. The van der Waals surface area contributed by atoms with E-state index in [4.69, 9.17) is 4.74 Å². The summed E-state index contributed by atoms with van der Waals surface area (Å²) in [4.78, 5) is 10.4. The summed E-state index contributed by atoms with van der Waals surface area (Å²) in [5.41, 5.74) is 0.0359. The van der Waals surface area contributed by atoms with Crippen LogP contribution in [0.25, 0.3) is 0 Å². The van der Waals surface area contributed by atoms with Crippen LogP contribution in [0.2, 0.25) is 0 Å². The maximum atomic E-state index is 10.8. The highest BCUT2D eigenvalue weighted by Gasteiger charge is 2.23. The third-order valence-electron chi connectivity index (χ3n) is 2.16. The third-order valence-corrected chi connectivity index (χ3v) is 2.83. The average molecular weight is 320 g/mol. The van der Waals surface area contributed by atoms with E-state index >= 15 is 0 Å². The minimum absolute atomic E-state index is 0.0359. The van der Waals surface area contributed by atoms with E-state index in [1.807, 2.05) is 22.6 Å². The van der Waals surface area contributed by atoms with Crippen LogP contribution in [-0.2, 0) is 0 Å². The largest absolute Gasteiger partial charge is 0.481 e. The van der Waals surface area contributed by atoms with E-state index in [1.165, 1.54) is 6.07 Å². The lowest BCUT2D eigenvalue weighted by molar-refractivity contribution is -0.386. The smallest absolute Gasteiger partial charge is 0.311 e. The van der Waals surface area contributed by atoms with Crippen molar-refractivity contribution in [3.63, 3.8) is 0 Å². The van der Waals surface area contributed by atoms with Gasteiger partial charge in [-0.1, -0.05) is 0 Å². The average Bonchev–Trinajstić information content (AvgIpc) is 2.12. The predicted octanol–water partition coefficient (Wildman–Crippen LogP) is 1.55. The van der Waals surface area contributed by atoms with Crippen LogP contribution in [0.5, 0.6) is 5.75 Å². The molecule has 1 fully saturated rings. The maximum absolute atomic E-state index is 10.8. The summed E-state index contributed by atoms with van der Waals surface area (Å²) in [6.07, 6.45) is 0.0590. The van der Waals surface area contributed by atoms with Gasteiger partial charge in [0.05, 0.1) is 4.92 Å². The molecule has 0 spiro atoms. The normalized spacial score (nSPS) is 15.8. The van der Waals surface area contributed by atoms with Crippen LogP contribution in [0.3, 0.4) is 0 Å². The van der Waals surface area contributed by atoms with Crippen molar-refractivity contribution in [1.82, 2.24) is 5.32 Å². The molecule has 0 radical (unpaired) electrons. The summed E-state index contributed by atoms with van der Waals surface area (Å²) < 4.78 is 6.32. The fourth-order valence-electron chi connectivity index (χ4n) is 1.26. The van der Waals surface area contributed by atoms with Gasteiger partial charge in [0, 0.05) is 22.7 Å². The van der Waals surface area contributed by atoms with Gasteiger partial charge >= 0.3 is 5.69 Å². The second kappa shape index (κ2) is 4.31. The summed E-state index contributed by atoms with van der Waals surface area (Å²) in [5, 5.41) is 13.8. The fraction of sp³-hybridized carbons (Fsp3) is 0.333. The Hall–Kier alpha value is -0.890. The number of hydrogen-bond acceptors (Lipinski definition) is 4. The third kappa shape index (κ3) is 2.37. The Morgan fingerprint density at radius 3 is 2.80 bits per heavy atom. The first-order valence-corrected chi connectivity index (χ1v) is 5.56. The minimum atomic E-state index is -0.413. The summed E-state index contributed by atoms with van der Waals surface area (Å²) >= 11 is 2.04. The van der Waals surface area contributed by atoms with Gasteiger partial charge in [0.25, 0.3) is 0 Å². The topological polar surface area (TPSA) is 64.4 Å². The van der Waals surface area contributed by atoms with E-state index in [9.17, 15) is 10.1 Å². The Morgan fingerprint density at radius 2 is 2.27 bits per heavy atom. The first-order chi connectivity index (χ1) is 7.16. The fourth-order valence-corrected chi connectivity index (χ4v) is 1.73. The van der Waals surface area contributed by atoms with Gasteiger partial charge < -0.3 is 10.1 Å². The number of nitro groups is 1. The molecule has 1 aliphatic heterocycles. The van der Waals surface area contributed by atoms with Crippen LogP contribution in [-0.4, -0.2) is 24.1 Å². The van der Waals surface area contributed by atoms with Gasteiger partial charge in [-0.05, 0) is 34.7 Å². The molecule has 1 saturated heterocycles. The van der Waals surface area contributed by atoms with Crippen LogP contribution >= 0.6 is 22.6 Å². The van der Waals surface area contributed by atoms with Crippen LogP contribution in [0.1, 0.15) is 0 Å². The van der Waals surface area contributed by atoms with Crippen LogP contribution in [0.15, 0.2) is 18.2 Å². The summed E-state index contributed by atoms with van der Waals surface area (Å²) in [7, 11) is 0. The SMILES string of the molecule is O=[N+]([O-])c1cc(I)ccc1OC1CNC1. The van der Waals surface area contributed by atoms with Crippen molar-refractivity contribution in [1.29, 1.82) is 0 Å². The van der Waals surface area contributed by atoms with Gasteiger partial charge in [0.2, 0.25) is 0 Å². The molecule has 1 aromatic carbocycles. The summed E-state index contributed by atoms with van der Waals surface area (Å²) in [5.74, 6) is 0.354. The molecule has 6 heteroatoms. The number of ether oxygens (including phenoxy) is 1. The molecular weight excluding hydrogens is 311 g/mol. The number of rotatable bonds is 3. The first-order valence-electron chi connectivity index (χ1n) is 4.48. The number of nitrogens with zero attached hydrogens (tertiary/aromatic N) is 1. The molecule has 1 heterocycles. The molecule has 80 valence electrons. The van der Waals surface area contributed by atoms with E-state index < -0.39 is 4.92 Å². The zero-order valence-electron chi connectivity index (χ0n) is 7.77. The van der Waals surface area contributed by atoms with Crippen molar-refractivity contribution in [3.8, 4) is 5.75 Å². The van der Waals surface area contributed by atoms with Crippen molar-refractivity contribution < 1.29 is 9.66 Å². The molecule has 1 N–H and O–H groups in total. The number of halogens is 1. The van der Waals surface area contributed by atoms with E-state index in [2.05, 4.69) is 5.32 Å². The van der Waals surface area contributed by atoms with Crippen molar-refractivity contribution in [2.45, 2.75) is 6.10 Å². The van der Waals surface area contributed by atoms with Crippen LogP contribution in [0.4, 0.5) is 5.69 Å². The zero-order chi connectivity index (χ0) is 10.8. The zero-order valence-corrected chi connectivity index (χ0v) is 9.93. The van der Waals surface area contributed by atoms with Gasteiger partial charge in [-0.25, -0.2) is 0 Å². The lowest BCUT2D eigenvalue weighted by Crippen LogP contribution is -2.50. The van der Waals surface area contributed by atoms with E-state index in [0.717, 1.165) is 16.7 Å². The number of benzene rings is 1. The van der Waals surface area contributed by atoms with Gasteiger partial charge in [-0.2, -0.15) is 0 Å². The molecule has 0 amide bonds. The highest BCUT2D eigenvalue weighted by molar-refractivity contribution is 14.1. The Bertz CT molecular complexity index is 393. The number of hydrogen-bond donors (Lipinski definition) is 1. The first kappa shape index (κ1) is 10.6. The number of nitrogens with one attached hydrogen (secondary N) is 1. The van der Waals surface area contributed by atoms with Gasteiger partial charge in [0.1, 0.15) is 6.10 Å². The molecule has 0 atom stereocenters. The van der Waals surface area contributed by atoms with E-state index in [0.29, 0.717) is 5.75 Å². The standard InChI is InChI=1S/C9H9IN2O3/c10-6-1-2-9(8(3-6)12(13)14)15-7-4-11-5-7/h1-3,7,11H,4-5H2. The van der Waals surface area contributed by atoms with Crippen molar-refractivity contribution in [3.05, 3.63) is 31.9 Å². The lowest BCUT2D eigenvalue weighted by Gasteiger charge is -2.27. The molecule has 0 bridgehead atoms. The van der Waals surface area contributed by atoms with E-state index in [1.54, 1.807) is 12.1 Å². The summed E-state index contributed by atoms with van der Waals surface area (Å²) in [6.45, 7) is 1.51. The second-order valence-electron chi connectivity index (χ2n) is 3.27. The van der Waals surface area contributed by atoms with E-state index in [-0.39, 0.29) is 11.8 Å². The highest BCUT2D eigenvalue weighted by atomic mass is 127. The van der Waals surface area contributed by atoms with Gasteiger partial charge in [-0.15, -0.1) is 0 Å². The van der Waals surface area contributed by atoms with Crippen LogP contribution in [0, 0.1) is 13.7 Å².